The second-order valence-corrected chi connectivity index (χ2v) is 4.84. The average Bonchev–Trinajstić information content (AvgIpc) is 3.10. The summed E-state index contributed by atoms with van der Waals surface area (Å²) in [6.45, 7) is 0. The molecule has 0 unspecified atom stereocenters. The van der Waals surface area contributed by atoms with E-state index in [1.807, 2.05) is 30.3 Å². The van der Waals surface area contributed by atoms with Crippen molar-refractivity contribution < 1.29 is 9.18 Å². The molecular formula is C18H14FN3O. The van der Waals surface area contributed by atoms with E-state index >= 15 is 0 Å². The van der Waals surface area contributed by atoms with Crippen molar-refractivity contribution in [3.05, 3.63) is 90.5 Å². The van der Waals surface area contributed by atoms with E-state index in [0.717, 1.165) is 5.56 Å². The second-order valence-electron chi connectivity index (χ2n) is 4.84. The van der Waals surface area contributed by atoms with Crippen molar-refractivity contribution in [2.45, 2.75) is 0 Å². The fourth-order valence-electron chi connectivity index (χ4n) is 2.14. The average molecular weight is 307 g/mol. The fraction of sp³-hybridized carbons (Fsp3) is 0. The van der Waals surface area contributed by atoms with Gasteiger partial charge in [0.15, 0.2) is 0 Å². The van der Waals surface area contributed by atoms with Crippen LogP contribution in [-0.2, 0) is 4.79 Å². The number of carbonyl (C=O) groups is 1. The quantitative estimate of drug-likeness (QED) is 0.749. The zero-order chi connectivity index (χ0) is 16.1. The molecule has 1 heterocycles. The first-order chi connectivity index (χ1) is 11.2. The van der Waals surface area contributed by atoms with Crippen LogP contribution in [0.25, 0.3) is 5.70 Å². The van der Waals surface area contributed by atoms with Gasteiger partial charge in [0.2, 0.25) is 0 Å². The highest BCUT2D eigenvalue weighted by molar-refractivity contribution is 6.03. The molecule has 1 aromatic heterocycles. The number of nitrogens with zero attached hydrogens (tertiary/aromatic N) is 2. The molecule has 0 radical (unpaired) electrons. The molecule has 0 saturated heterocycles. The molecule has 114 valence electrons. The zero-order valence-electron chi connectivity index (χ0n) is 12.2. The smallest absolute Gasteiger partial charge is 0.250 e. The molecule has 23 heavy (non-hydrogen) atoms. The number of hydrogen-bond acceptors (Lipinski definition) is 2. The van der Waals surface area contributed by atoms with Crippen LogP contribution in [0.3, 0.4) is 0 Å². The molecule has 5 heteroatoms. The van der Waals surface area contributed by atoms with E-state index in [4.69, 9.17) is 0 Å². The molecule has 0 fully saturated rings. The Morgan fingerprint density at radius 2 is 1.78 bits per heavy atom. The third kappa shape index (κ3) is 3.71. The Labute approximate surface area is 132 Å². The van der Waals surface area contributed by atoms with Crippen molar-refractivity contribution in [2.24, 2.45) is 0 Å². The summed E-state index contributed by atoms with van der Waals surface area (Å²) in [7, 11) is 0. The van der Waals surface area contributed by atoms with Gasteiger partial charge in [-0.05, 0) is 30.3 Å². The Bertz CT molecular complexity index is 809. The molecule has 0 aliphatic carbocycles. The van der Waals surface area contributed by atoms with Crippen molar-refractivity contribution in [2.75, 3.05) is 5.32 Å². The van der Waals surface area contributed by atoms with Crippen LogP contribution in [0.4, 0.5) is 10.1 Å². The van der Waals surface area contributed by atoms with Crippen LogP contribution in [0.15, 0.2) is 79.1 Å². The predicted octanol–water partition coefficient (Wildman–Crippen LogP) is 3.55. The summed E-state index contributed by atoms with van der Waals surface area (Å²) in [5, 5.41) is 6.89. The number of halogens is 1. The number of carbonyl (C=O) groups excluding carboxylic acids is 1. The Kier molecular flexibility index (Phi) is 4.29. The van der Waals surface area contributed by atoms with Crippen LogP contribution in [0, 0.1) is 5.82 Å². The lowest BCUT2D eigenvalue weighted by molar-refractivity contribution is -0.111. The molecule has 4 nitrogen and oxygen atoms in total. The van der Waals surface area contributed by atoms with E-state index in [1.54, 1.807) is 23.1 Å². The minimum Gasteiger partial charge on any atom is -0.322 e. The topological polar surface area (TPSA) is 46.9 Å². The normalized spacial score (nSPS) is 11.3. The van der Waals surface area contributed by atoms with Gasteiger partial charge >= 0.3 is 0 Å². The van der Waals surface area contributed by atoms with Crippen molar-refractivity contribution >= 4 is 17.3 Å². The number of benzene rings is 2. The van der Waals surface area contributed by atoms with Gasteiger partial charge in [0.25, 0.3) is 5.91 Å². The first-order valence-electron chi connectivity index (χ1n) is 7.06. The summed E-state index contributed by atoms with van der Waals surface area (Å²) in [5.41, 5.74) is 2.04. The molecule has 0 aliphatic rings. The SMILES string of the molecule is O=C(/C=C(/c1ccccc1)n1cccn1)Nc1ccc(F)cc1. The van der Waals surface area contributed by atoms with E-state index in [0.29, 0.717) is 11.4 Å². The standard InChI is InChI=1S/C18H14FN3O/c19-15-7-9-16(10-8-15)21-18(23)13-17(22-12-4-11-20-22)14-5-2-1-3-6-14/h1-13H,(H,21,23)/b17-13-. The first kappa shape index (κ1) is 14.7. The maximum atomic E-state index is 12.9. The van der Waals surface area contributed by atoms with Gasteiger partial charge in [-0.15, -0.1) is 0 Å². The highest BCUT2D eigenvalue weighted by Crippen LogP contribution is 2.16. The van der Waals surface area contributed by atoms with Crippen LogP contribution in [0.1, 0.15) is 5.56 Å². The zero-order valence-corrected chi connectivity index (χ0v) is 12.2. The first-order valence-corrected chi connectivity index (χ1v) is 7.06. The fourth-order valence-corrected chi connectivity index (χ4v) is 2.14. The summed E-state index contributed by atoms with van der Waals surface area (Å²) in [6.07, 6.45) is 4.88. The summed E-state index contributed by atoms with van der Waals surface area (Å²) < 4.78 is 14.5. The second kappa shape index (κ2) is 6.70. The molecule has 0 aliphatic heterocycles. The Balaban J connectivity index is 1.88. The van der Waals surface area contributed by atoms with Crippen LogP contribution in [-0.4, -0.2) is 15.7 Å². The molecule has 3 rings (SSSR count). The Morgan fingerprint density at radius 3 is 2.43 bits per heavy atom. The summed E-state index contributed by atoms with van der Waals surface area (Å²) >= 11 is 0. The molecule has 3 aromatic rings. The monoisotopic (exact) mass is 307 g/mol. The highest BCUT2D eigenvalue weighted by atomic mass is 19.1. The maximum Gasteiger partial charge on any atom is 0.250 e. The van der Waals surface area contributed by atoms with Crippen LogP contribution >= 0.6 is 0 Å². The van der Waals surface area contributed by atoms with Gasteiger partial charge in [-0.3, -0.25) is 4.79 Å². The highest BCUT2D eigenvalue weighted by Gasteiger charge is 2.08. The molecule has 1 amide bonds. The van der Waals surface area contributed by atoms with Crippen molar-refractivity contribution in [3.8, 4) is 0 Å². The van der Waals surface area contributed by atoms with Gasteiger partial charge in [0.05, 0.1) is 5.70 Å². The molecule has 0 saturated carbocycles. The van der Waals surface area contributed by atoms with E-state index in [1.165, 1.54) is 30.3 Å². The maximum absolute atomic E-state index is 12.9. The van der Waals surface area contributed by atoms with Crippen molar-refractivity contribution in [3.63, 3.8) is 0 Å². The van der Waals surface area contributed by atoms with Gasteiger partial charge in [-0.1, -0.05) is 30.3 Å². The number of hydrogen-bond donors (Lipinski definition) is 1. The molecular weight excluding hydrogens is 293 g/mol. The van der Waals surface area contributed by atoms with E-state index in [9.17, 15) is 9.18 Å². The summed E-state index contributed by atoms with van der Waals surface area (Å²) in [5.74, 6) is -0.661. The van der Waals surface area contributed by atoms with Crippen LogP contribution in [0.5, 0.6) is 0 Å². The summed E-state index contributed by atoms with van der Waals surface area (Å²) in [4.78, 5) is 12.3. The molecule has 2 aromatic carbocycles. The molecule has 0 atom stereocenters. The van der Waals surface area contributed by atoms with Crippen LogP contribution in [0.2, 0.25) is 0 Å². The third-order valence-corrected chi connectivity index (χ3v) is 3.20. The Hall–Kier alpha value is -3.21. The van der Waals surface area contributed by atoms with Gasteiger partial charge in [0, 0.05) is 29.7 Å². The van der Waals surface area contributed by atoms with Gasteiger partial charge < -0.3 is 5.32 Å². The van der Waals surface area contributed by atoms with Gasteiger partial charge in [-0.2, -0.15) is 5.10 Å². The largest absolute Gasteiger partial charge is 0.322 e. The van der Waals surface area contributed by atoms with Gasteiger partial charge in [0.1, 0.15) is 5.82 Å². The Morgan fingerprint density at radius 1 is 1.04 bits per heavy atom. The van der Waals surface area contributed by atoms with Crippen molar-refractivity contribution in [1.82, 2.24) is 9.78 Å². The van der Waals surface area contributed by atoms with E-state index in [2.05, 4.69) is 10.4 Å². The van der Waals surface area contributed by atoms with Crippen LogP contribution < -0.4 is 5.32 Å². The lowest BCUT2D eigenvalue weighted by Crippen LogP contribution is -2.11. The van der Waals surface area contributed by atoms with Crippen molar-refractivity contribution in [1.29, 1.82) is 0 Å². The number of amides is 1. The predicted molar refractivity (Wildman–Crippen MR) is 87.1 cm³/mol. The molecule has 0 bridgehead atoms. The number of anilines is 1. The van der Waals surface area contributed by atoms with Gasteiger partial charge in [-0.25, -0.2) is 9.07 Å². The molecule has 1 N–H and O–H groups in total. The minimum atomic E-state index is -0.347. The summed E-state index contributed by atoms with van der Waals surface area (Å²) in [6, 6.07) is 16.9. The number of rotatable bonds is 4. The number of aromatic nitrogens is 2. The molecule has 0 spiro atoms. The van der Waals surface area contributed by atoms with E-state index in [-0.39, 0.29) is 11.7 Å². The minimum absolute atomic E-state index is 0.314. The lowest BCUT2D eigenvalue weighted by atomic mass is 10.1. The van der Waals surface area contributed by atoms with E-state index < -0.39 is 0 Å². The lowest BCUT2D eigenvalue weighted by Gasteiger charge is -2.09. The third-order valence-electron chi connectivity index (χ3n) is 3.20. The number of nitrogens with one attached hydrogen (secondary N) is 1.